The fourth-order valence-corrected chi connectivity index (χ4v) is 4.61. The van der Waals surface area contributed by atoms with Gasteiger partial charge in [0.25, 0.3) is 5.78 Å². The second-order valence-electron chi connectivity index (χ2n) is 10.3. The highest BCUT2D eigenvalue weighted by Crippen LogP contribution is 2.27. The molecule has 1 aliphatic rings. The Kier molecular flexibility index (Phi) is 7.19. The second-order valence-corrected chi connectivity index (χ2v) is 10.3. The minimum atomic E-state index is 0.114. The van der Waals surface area contributed by atoms with Crippen molar-refractivity contribution < 1.29 is 4.79 Å². The van der Waals surface area contributed by atoms with Gasteiger partial charge in [-0.3, -0.25) is 4.79 Å². The average Bonchev–Trinajstić information content (AvgIpc) is 3.28. The van der Waals surface area contributed by atoms with Crippen molar-refractivity contribution in [2.75, 3.05) is 31.1 Å². The van der Waals surface area contributed by atoms with Crippen molar-refractivity contribution in [3.05, 3.63) is 42.1 Å². The number of carbonyl (C=O) groups excluding carboxylic acids is 1. The Balaban J connectivity index is 1.49. The molecule has 3 heterocycles. The minimum Gasteiger partial charge on any atom is -0.339 e. The maximum atomic E-state index is 13.0. The van der Waals surface area contributed by atoms with Crippen LogP contribution in [0.2, 0.25) is 0 Å². The van der Waals surface area contributed by atoms with Gasteiger partial charge in [-0.15, -0.1) is 5.10 Å². The van der Waals surface area contributed by atoms with Gasteiger partial charge in [-0.05, 0) is 29.9 Å². The summed E-state index contributed by atoms with van der Waals surface area (Å²) in [6.45, 7) is 13.9. The molecule has 1 aromatic carbocycles. The molecule has 182 valence electrons. The van der Waals surface area contributed by atoms with Crippen molar-refractivity contribution in [3.8, 4) is 11.3 Å². The third kappa shape index (κ3) is 5.08. The molecule has 0 spiro atoms. The van der Waals surface area contributed by atoms with Gasteiger partial charge in [-0.25, -0.2) is 4.98 Å². The third-order valence-electron chi connectivity index (χ3n) is 6.90. The van der Waals surface area contributed by atoms with E-state index < -0.39 is 0 Å². The van der Waals surface area contributed by atoms with Gasteiger partial charge in [-0.2, -0.15) is 9.50 Å². The van der Waals surface area contributed by atoms with Crippen molar-refractivity contribution in [1.29, 1.82) is 0 Å². The lowest BCUT2D eigenvalue weighted by Crippen LogP contribution is -2.50. The molecule has 0 unspecified atom stereocenters. The van der Waals surface area contributed by atoms with Crippen LogP contribution in [-0.2, 0) is 10.2 Å². The summed E-state index contributed by atoms with van der Waals surface area (Å²) >= 11 is 0. The van der Waals surface area contributed by atoms with Crippen molar-refractivity contribution >= 4 is 17.6 Å². The van der Waals surface area contributed by atoms with Gasteiger partial charge < -0.3 is 9.80 Å². The Bertz CT molecular complexity index is 1110. The van der Waals surface area contributed by atoms with Crippen LogP contribution in [0.1, 0.15) is 65.9 Å². The molecule has 0 aliphatic carbocycles. The number of unbranched alkanes of at least 4 members (excludes halogenated alkanes) is 1. The molecular formula is C27H38N6O. The molecule has 3 aromatic rings. The summed E-state index contributed by atoms with van der Waals surface area (Å²) in [5, 5.41) is 4.81. The lowest BCUT2D eigenvalue weighted by molar-refractivity contribution is -0.136. The molecule has 0 saturated carbocycles. The van der Waals surface area contributed by atoms with Gasteiger partial charge in [0, 0.05) is 43.9 Å². The Morgan fingerprint density at radius 3 is 2.35 bits per heavy atom. The number of fused-ring (bicyclic) bond motifs is 1. The van der Waals surface area contributed by atoms with Crippen molar-refractivity contribution in [3.63, 3.8) is 0 Å². The molecule has 7 heteroatoms. The first kappa shape index (κ1) is 24.2. The van der Waals surface area contributed by atoms with Crippen molar-refractivity contribution in [1.82, 2.24) is 24.5 Å². The summed E-state index contributed by atoms with van der Waals surface area (Å²) in [5.74, 6) is 1.73. The predicted octanol–water partition coefficient (Wildman–Crippen LogP) is 4.95. The summed E-state index contributed by atoms with van der Waals surface area (Å²) in [4.78, 5) is 26.3. The molecule has 1 aliphatic heterocycles. The van der Waals surface area contributed by atoms with Crippen LogP contribution in [0.25, 0.3) is 17.0 Å². The van der Waals surface area contributed by atoms with Gasteiger partial charge in [0.15, 0.2) is 0 Å². The Morgan fingerprint density at radius 2 is 1.74 bits per heavy atom. The second kappa shape index (κ2) is 10.1. The highest BCUT2D eigenvalue weighted by molar-refractivity contribution is 5.79. The average molecular weight is 463 g/mol. The summed E-state index contributed by atoms with van der Waals surface area (Å²) in [6.07, 6.45) is 5.94. The Labute approximate surface area is 203 Å². The molecule has 1 amide bonds. The number of hydrogen-bond donors (Lipinski definition) is 0. The number of hydrogen-bond acceptors (Lipinski definition) is 5. The fraction of sp³-hybridized carbons (Fsp3) is 0.556. The van der Waals surface area contributed by atoms with Gasteiger partial charge in [-0.1, -0.05) is 71.7 Å². The van der Waals surface area contributed by atoms with Crippen LogP contribution in [0.3, 0.4) is 0 Å². The first-order valence-corrected chi connectivity index (χ1v) is 12.7. The first-order chi connectivity index (χ1) is 16.3. The van der Waals surface area contributed by atoms with Crippen LogP contribution < -0.4 is 4.90 Å². The van der Waals surface area contributed by atoms with Gasteiger partial charge in [0.1, 0.15) is 0 Å². The number of carbonyl (C=O) groups is 1. The lowest BCUT2D eigenvalue weighted by Gasteiger charge is -2.35. The van der Waals surface area contributed by atoms with E-state index in [0.29, 0.717) is 30.7 Å². The van der Waals surface area contributed by atoms with Crippen LogP contribution in [0.4, 0.5) is 5.95 Å². The Morgan fingerprint density at radius 1 is 1.03 bits per heavy atom. The highest BCUT2D eigenvalue weighted by Gasteiger charge is 2.27. The van der Waals surface area contributed by atoms with Gasteiger partial charge in [0.05, 0.1) is 5.69 Å². The van der Waals surface area contributed by atoms with Crippen LogP contribution in [0, 0.1) is 5.92 Å². The molecular weight excluding hydrogens is 424 g/mol. The standard InChI is InChI=1S/C27H38N6O/c1-6-8-9-20(7-2)24(34)31-16-18-32(19-17-31)26-29-25-28-15-14-23(33(25)30-26)21-10-12-22(13-11-21)27(3,4)5/h10-15,20H,6-9,16-19H2,1-5H3/t20-/m1/s1. The van der Waals surface area contributed by atoms with E-state index in [1.165, 1.54) is 5.56 Å². The van der Waals surface area contributed by atoms with Crippen molar-refractivity contribution in [2.24, 2.45) is 5.92 Å². The predicted molar refractivity (Wildman–Crippen MR) is 137 cm³/mol. The minimum absolute atomic E-state index is 0.114. The topological polar surface area (TPSA) is 66.6 Å². The first-order valence-electron chi connectivity index (χ1n) is 12.7. The largest absolute Gasteiger partial charge is 0.339 e. The van der Waals surface area contributed by atoms with Gasteiger partial charge >= 0.3 is 0 Å². The monoisotopic (exact) mass is 462 g/mol. The van der Waals surface area contributed by atoms with Gasteiger partial charge in [0.2, 0.25) is 11.9 Å². The number of anilines is 1. The number of nitrogens with zero attached hydrogens (tertiary/aromatic N) is 6. The van der Waals surface area contributed by atoms with E-state index in [1.54, 1.807) is 6.20 Å². The number of benzene rings is 1. The molecule has 1 fully saturated rings. The van der Waals surface area contributed by atoms with Crippen molar-refractivity contribution in [2.45, 2.75) is 65.7 Å². The summed E-state index contributed by atoms with van der Waals surface area (Å²) in [7, 11) is 0. The molecule has 7 nitrogen and oxygen atoms in total. The van der Waals surface area contributed by atoms with E-state index >= 15 is 0 Å². The maximum Gasteiger partial charge on any atom is 0.254 e. The number of amides is 1. The summed E-state index contributed by atoms with van der Waals surface area (Å²) in [5.41, 5.74) is 3.47. The smallest absolute Gasteiger partial charge is 0.254 e. The zero-order chi connectivity index (χ0) is 24.3. The van der Waals surface area contributed by atoms with E-state index in [9.17, 15) is 4.79 Å². The molecule has 1 atom stereocenters. The summed E-state index contributed by atoms with van der Waals surface area (Å²) in [6, 6.07) is 10.6. The Hall–Kier alpha value is -2.96. The highest BCUT2D eigenvalue weighted by atomic mass is 16.2. The quantitative estimate of drug-likeness (QED) is 0.497. The van der Waals surface area contributed by atoms with E-state index in [4.69, 9.17) is 10.1 Å². The molecule has 4 rings (SSSR count). The summed E-state index contributed by atoms with van der Waals surface area (Å²) < 4.78 is 1.83. The number of piperazine rings is 1. The fourth-order valence-electron chi connectivity index (χ4n) is 4.61. The molecule has 2 aromatic heterocycles. The molecule has 0 bridgehead atoms. The molecule has 0 N–H and O–H groups in total. The zero-order valence-corrected chi connectivity index (χ0v) is 21.3. The number of rotatable bonds is 7. The lowest BCUT2D eigenvalue weighted by atomic mass is 9.86. The van der Waals surface area contributed by atoms with E-state index in [0.717, 1.165) is 50.0 Å². The van der Waals surface area contributed by atoms with E-state index in [1.807, 2.05) is 15.5 Å². The number of aromatic nitrogens is 4. The molecule has 1 saturated heterocycles. The maximum absolute atomic E-state index is 13.0. The zero-order valence-electron chi connectivity index (χ0n) is 21.3. The normalized spacial score (nSPS) is 15.7. The van der Waals surface area contributed by atoms with Crippen LogP contribution >= 0.6 is 0 Å². The van der Waals surface area contributed by atoms with Crippen LogP contribution in [-0.4, -0.2) is 56.6 Å². The van der Waals surface area contributed by atoms with Crippen LogP contribution in [0.5, 0.6) is 0 Å². The van der Waals surface area contributed by atoms with E-state index in [-0.39, 0.29) is 11.3 Å². The molecule has 0 radical (unpaired) electrons. The molecule has 34 heavy (non-hydrogen) atoms. The SMILES string of the molecule is CCCC[C@@H](CC)C(=O)N1CCN(c2nc3nccc(-c4ccc(C(C)(C)C)cc4)n3n2)CC1. The van der Waals surface area contributed by atoms with Crippen LogP contribution in [0.15, 0.2) is 36.5 Å². The van der Waals surface area contributed by atoms with E-state index in [2.05, 4.69) is 68.8 Å². The third-order valence-corrected chi connectivity index (χ3v) is 6.90.